The van der Waals surface area contributed by atoms with E-state index >= 15 is 0 Å². The van der Waals surface area contributed by atoms with Crippen LogP contribution in [0.1, 0.15) is 69.5 Å². The van der Waals surface area contributed by atoms with E-state index in [1.165, 1.54) is 44.9 Å². The summed E-state index contributed by atoms with van der Waals surface area (Å²) >= 11 is 0. The van der Waals surface area contributed by atoms with Gasteiger partial charge in [-0.15, -0.1) is 0 Å². The number of aromatic amines is 1. The first-order chi connectivity index (χ1) is 11.7. The maximum atomic E-state index is 12.4. The number of nitrogens with zero attached hydrogens (tertiary/aromatic N) is 2. The normalized spacial score (nSPS) is 15.0. The van der Waals surface area contributed by atoms with Gasteiger partial charge in [0.2, 0.25) is 5.95 Å². The van der Waals surface area contributed by atoms with Crippen LogP contribution in [0.4, 0.5) is 5.95 Å². The van der Waals surface area contributed by atoms with Crippen LogP contribution in [0, 0.1) is 6.92 Å². The summed E-state index contributed by atoms with van der Waals surface area (Å²) in [7, 11) is 0. The molecule has 5 nitrogen and oxygen atoms in total. The van der Waals surface area contributed by atoms with Gasteiger partial charge in [-0.1, -0.05) is 51.9 Å². The van der Waals surface area contributed by atoms with Gasteiger partial charge in [0.15, 0.2) is 0 Å². The van der Waals surface area contributed by atoms with Crippen molar-refractivity contribution in [2.24, 2.45) is 0 Å². The second-order valence-corrected chi connectivity index (χ2v) is 6.78. The molecule has 1 aliphatic rings. The van der Waals surface area contributed by atoms with Gasteiger partial charge in [0, 0.05) is 24.3 Å². The number of rotatable bonds is 10. The summed E-state index contributed by atoms with van der Waals surface area (Å²) in [6, 6.07) is 0. The molecule has 0 unspecified atom stereocenters. The third-order valence-corrected chi connectivity index (χ3v) is 4.80. The highest BCUT2D eigenvalue weighted by Crippen LogP contribution is 2.13. The molecule has 2 heterocycles. The Morgan fingerprint density at radius 1 is 1.04 bits per heavy atom. The Morgan fingerprint density at radius 3 is 2.29 bits per heavy atom. The van der Waals surface area contributed by atoms with E-state index in [0.717, 1.165) is 37.2 Å². The van der Waals surface area contributed by atoms with Crippen LogP contribution in [-0.2, 0) is 11.2 Å². The monoisotopic (exact) mass is 335 g/mol. The highest BCUT2D eigenvalue weighted by Gasteiger charge is 2.15. The number of unbranched alkanes of at least 4 members (excludes halogenated alkanes) is 7. The van der Waals surface area contributed by atoms with Crippen molar-refractivity contribution in [2.75, 3.05) is 31.2 Å². The Kier molecular flexibility index (Phi) is 8.29. The van der Waals surface area contributed by atoms with Gasteiger partial charge in [0.1, 0.15) is 0 Å². The largest absolute Gasteiger partial charge is 0.378 e. The lowest BCUT2D eigenvalue weighted by atomic mass is 10.0. The van der Waals surface area contributed by atoms with E-state index in [-0.39, 0.29) is 5.56 Å². The molecule has 0 saturated carbocycles. The summed E-state index contributed by atoms with van der Waals surface area (Å²) < 4.78 is 5.35. The fourth-order valence-electron chi connectivity index (χ4n) is 3.25. The first-order valence-electron chi connectivity index (χ1n) is 9.65. The molecule has 24 heavy (non-hydrogen) atoms. The van der Waals surface area contributed by atoms with E-state index in [1.807, 2.05) is 6.92 Å². The van der Waals surface area contributed by atoms with Crippen molar-refractivity contribution in [3.05, 3.63) is 21.6 Å². The van der Waals surface area contributed by atoms with Crippen molar-refractivity contribution in [2.45, 2.75) is 71.6 Å². The van der Waals surface area contributed by atoms with E-state index in [0.29, 0.717) is 19.2 Å². The third kappa shape index (κ3) is 5.93. The van der Waals surface area contributed by atoms with Gasteiger partial charge in [-0.3, -0.25) is 9.78 Å². The lowest BCUT2D eigenvalue weighted by molar-refractivity contribution is 0.122. The molecule has 0 aromatic carbocycles. The quantitative estimate of drug-likeness (QED) is 0.664. The Labute approximate surface area is 145 Å². The number of aromatic nitrogens is 2. The fraction of sp³-hybridized carbons (Fsp3) is 0.789. The standard InChI is InChI=1S/C19H33N3O2/c1-3-4-5-6-7-8-9-10-11-17-16(2)20-19(21-18(17)23)22-12-14-24-15-13-22/h3-15H2,1-2H3,(H,20,21,23). The highest BCUT2D eigenvalue weighted by atomic mass is 16.5. The van der Waals surface area contributed by atoms with Gasteiger partial charge < -0.3 is 9.64 Å². The molecule has 0 aliphatic carbocycles. The molecule has 0 amide bonds. The smallest absolute Gasteiger partial charge is 0.255 e. The maximum absolute atomic E-state index is 12.4. The number of anilines is 1. The maximum Gasteiger partial charge on any atom is 0.255 e. The van der Waals surface area contributed by atoms with Crippen LogP contribution >= 0.6 is 0 Å². The molecule has 1 aliphatic heterocycles. The van der Waals surface area contributed by atoms with Gasteiger partial charge in [0.25, 0.3) is 5.56 Å². The average molecular weight is 335 g/mol. The van der Waals surface area contributed by atoms with Crippen LogP contribution in [0.3, 0.4) is 0 Å². The van der Waals surface area contributed by atoms with E-state index in [9.17, 15) is 4.79 Å². The molecule has 2 rings (SSSR count). The predicted octanol–water partition coefficient (Wildman–Crippen LogP) is 3.60. The molecule has 1 fully saturated rings. The number of nitrogens with one attached hydrogen (secondary N) is 1. The highest BCUT2D eigenvalue weighted by molar-refractivity contribution is 5.33. The predicted molar refractivity (Wildman–Crippen MR) is 98.9 cm³/mol. The number of aryl methyl sites for hydroxylation is 1. The molecule has 136 valence electrons. The average Bonchev–Trinajstić information content (AvgIpc) is 2.60. The van der Waals surface area contributed by atoms with Crippen LogP contribution in [0.5, 0.6) is 0 Å². The first kappa shape index (κ1) is 19.0. The molecule has 1 aromatic rings. The summed E-state index contributed by atoms with van der Waals surface area (Å²) in [4.78, 5) is 22.1. The second kappa shape index (κ2) is 10.5. The van der Waals surface area contributed by atoms with Gasteiger partial charge in [0.05, 0.1) is 13.2 Å². The summed E-state index contributed by atoms with van der Waals surface area (Å²) in [5.74, 6) is 0.695. The SMILES string of the molecule is CCCCCCCCCCc1c(C)nc(N2CCOCC2)[nH]c1=O. The lowest BCUT2D eigenvalue weighted by Gasteiger charge is -2.27. The lowest BCUT2D eigenvalue weighted by Crippen LogP contribution is -2.38. The minimum absolute atomic E-state index is 0.0342. The number of ether oxygens (including phenoxy) is 1. The van der Waals surface area contributed by atoms with E-state index in [2.05, 4.69) is 21.8 Å². The fourth-order valence-corrected chi connectivity index (χ4v) is 3.25. The molecule has 5 heteroatoms. The zero-order chi connectivity index (χ0) is 17.2. The van der Waals surface area contributed by atoms with Crippen LogP contribution in [0.15, 0.2) is 4.79 Å². The number of hydrogen-bond donors (Lipinski definition) is 1. The topological polar surface area (TPSA) is 58.2 Å². The minimum Gasteiger partial charge on any atom is -0.378 e. The molecule has 0 spiro atoms. The summed E-state index contributed by atoms with van der Waals surface area (Å²) in [5.41, 5.74) is 1.77. The molecular weight excluding hydrogens is 302 g/mol. The summed E-state index contributed by atoms with van der Waals surface area (Å²) in [5, 5.41) is 0. The third-order valence-electron chi connectivity index (χ3n) is 4.80. The van der Waals surface area contributed by atoms with Crippen molar-refractivity contribution in [1.29, 1.82) is 0 Å². The van der Waals surface area contributed by atoms with Gasteiger partial charge in [-0.25, -0.2) is 4.98 Å². The molecule has 0 atom stereocenters. The zero-order valence-electron chi connectivity index (χ0n) is 15.4. The van der Waals surface area contributed by atoms with Crippen molar-refractivity contribution >= 4 is 5.95 Å². The van der Waals surface area contributed by atoms with Gasteiger partial charge in [-0.05, 0) is 19.8 Å². The Balaban J connectivity index is 1.77. The zero-order valence-corrected chi connectivity index (χ0v) is 15.4. The second-order valence-electron chi connectivity index (χ2n) is 6.78. The van der Waals surface area contributed by atoms with E-state index in [4.69, 9.17) is 4.74 Å². The Morgan fingerprint density at radius 2 is 1.67 bits per heavy atom. The Bertz CT molecular complexity index is 536. The van der Waals surface area contributed by atoms with E-state index < -0.39 is 0 Å². The van der Waals surface area contributed by atoms with Crippen molar-refractivity contribution < 1.29 is 4.74 Å². The van der Waals surface area contributed by atoms with Crippen LogP contribution < -0.4 is 10.5 Å². The van der Waals surface area contributed by atoms with Crippen LogP contribution in [-0.4, -0.2) is 36.3 Å². The van der Waals surface area contributed by atoms with Crippen LogP contribution in [0.25, 0.3) is 0 Å². The summed E-state index contributed by atoms with van der Waals surface area (Å²) in [6.45, 7) is 7.18. The van der Waals surface area contributed by atoms with Crippen molar-refractivity contribution in [3.8, 4) is 0 Å². The number of H-pyrrole nitrogens is 1. The molecule has 0 radical (unpaired) electrons. The van der Waals surface area contributed by atoms with Crippen molar-refractivity contribution in [1.82, 2.24) is 9.97 Å². The molecule has 0 bridgehead atoms. The summed E-state index contributed by atoms with van der Waals surface area (Å²) in [6.07, 6.45) is 11.1. The van der Waals surface area contributed by atoms with Crippen molar-refractivity contribution in [3.63, 3.8) is 0 Å². The minimum atomic E-state index is 0.0342. The molecule has 1 aromatic heterocycles. The Hall–Kier alpha value is -1.36. The number of morpholine rings is 1. The molecule has 1 N–H and O–H groups in total. The van der Waals surface area contributed by atoms with Crippen LogP contribution in [0.2, 0.25) is 0 Å². The van der Waals surface area contributed by atoms with E-state index in [1.54, 1.807) is 0 Å². The van der Waals surface area contributed by atoms with Gasteiger partial charge in [-0.2, -0.15) is 0 Å². The molecular formula is C19H33N3O2. The van der Waals surface area contributed by atoms with Gasteiger partial charge >= 0.3 is 0 Å². The number of hydrogen-bond acceptors (Lipinski definition) is 4. The first-order valence-corrected chi connectivity index (χ1v) is 9.65. The molecule has 1 saturated heterocycles.